The molecule has 9 heteroatoms. The quantitative estimate of drug-likeness (QED) is 0.377. The molecule has 0 spiro atoms. The molecular formula is C32H32N4O5. The summed E-state index contributed by atoms with van der Waals surface area (Å²) in [6, 6.07) is 15.3. The summed E-state index contributed by atoms with van der Waals surface area (Å²) >= 11 is 0. The zero-order chi connectivity index (χ0) is 28.3. The van der Waals surface area contributed by atoms with E-state index in [4.69, 9.17) is 14.0 Å². The summed E-state index contributed by atoms with van der Waals surface area (Å²) in [5.74, 6) is 2.48. The average molecular weight is 553 g/mol. The first-order valence-corrected chi connectivity index (χ1v) is 13.9. The van der Waals surface area contributed by atoms with E-state index < -0.39 is 0 Å². The van der Waals surface area contributed by atoms with Gasteiger partial charge in [0.25, 0.3) is 5.91 Å². The molecule has 2 aromatic carbocycles. The molecular weight excluding hydrogens is 520 g/mol. The second-order valence-corrected chi connectivity index (χ2v) is 10.4. The van der Waals surface area contributed by atoms with Gasteiger partial charge in [-0.05, 0) is 80.1 Å². The lowest BCUT2D eigenvalue weighted by atomic mass is 9.87. The van der Waals surface area contributed by atoms with Gasteiger partial charge in [0.05, 0.1) is 30.1 Å². The van der Waals surface area contributed by atoms with E-state index in [9.17, 15) is 9.59 Å². The van der Waals surface area contributed by atoms with Crippen molar-refractivity contribution in [3.05, 3.63) is 100 Å². The number of hydrogen-bond donors (Lipinski definition) is 1. The summed E-state index contributed by atoms with van der Waals surface area (Å²) in [6.45, 7) is 5.27. The molecule has 3 aliphatic heterocycles. The van der Waals surface area contributed by atoms with Crippen LogP contribution in [0.3, 0.4) is 0 Å². The minimum Gasteiger partial charge on any atom is -0.494 e. The zero-order valence-corrected chi connectivity index (χ0v) is 23.2. The zero-order valence-electron chi connectivity index (χ0n) is 23.2. The highest BCUT2D eigenvalue weighted by molar-refractivity contribution is 5.94. The van der Waals surface area contributed by atoms with Gasteiger partial charge in [0.15, 0.2) is 0 Å². The lowest BCUT2D eigenvalue weighted by molar-refractivity contribution is -0.133. The van der Waals surface area contributed by atoms with Gasteiger partial charge in [-0.15, -0.1) is 0 Å². The largest absolute Gasteiger partial charge is 0.494 e. The van der Waals surface area contributed by atoms with Crippen LogP contribution in [0.4, 0.5) is 0 Å². The Bertz CT molecular complexity index is 1580. The normalized spacial score (nSPS) is 16.7. The maximum absolute atomic E-state index is 13.8. The summed E-state index contributed by atoms with van der Waals surface area (Å²) in [5, 5.41) is 6.95. The number of rotatable bonds is 3. The highest BCUT2D eigenvalue weighted by atomic mass is 16.5. The van der Waals surface area contributed by atoms with E-state index in [-0.39, 0.29) is 17.9 Å². The molecule has 1 unspecified atom stereocenters. The van der Waals surface area contributed by atoms with Crippen LogP contribution in [0.5, 0.6) is 17.2 Å². The van der Waals surface area contributed by atoms with Gasteiger partial charge < -0.3 is 24.2 Å². The molecule has 1 atom stereocenters. The van der Waals surface area contributed by atoms with Crippen LogP contribution in [0.15, 0.2) is 65.4 Å². The van der Waals surface area contributed by atoms with E-state index in [1.807, 2.05) is 61.2 Å². The molecule has 0 saturated heterocycles. The Morgan fingerprint density at radius 1 is 1.07 bits per heavy atom. The monoisotopic (exact) mass is 552 g/mol. The number of pyridine rings is 1. The number of carbonyl (C=O) groups excluding carboxylic acids is 2. The molecule has 5 heterocycles. The van der Waals surface area contributed by atoms with Gasteiger partial charge in [0.1, 0.15) is 23.0 Å². The van der Waals surface area contributed by atoms with Crippen molar-refractivity contribution in [2.45, 2.75) is 45.6 Å². The van der Waals surface area contributed by atoms with Crippen molar-refractivity contribution in [2.75, 3.05) is 19.7 Å². The maximum Gasteiger partial charge on any atom is 0.252 e. The van der Waals surface area contributed by atoms with Crippen molar-refractivity contribution in [2.24, 2.45) is 0 Å². The number of nitrogens with one attached hydrogen (secondary N) is 1. The predicted molar refractivity (Wildman–Crippen MR) is 151 cm³/mol. The van der Waals surface area contributed by atoms with E-state index >= 15 is 0 Å². The topological polar surface area (TPSA) is 107 Å². The second-order valence-electron chi connectivity index (χ2n) is 10.4. The third-order valence-corrected chi connectivity index (χ3v) is 7.69. The maximum atomic E-state index is 13.8. The van der Waals surface area contributed by atoms with E-state index in [1.54, 1.807) is 12.3 Å². The standard InChI is InChI=1S/C32H32N4O5/c1-20-28(21(2)41-35-20)9-10-30(37)36-13-11-22-15-26-7-8-29(22)31(36)23-5-3-6-25(16-23)39-14-4-12-34-32(38)24-17-27(40-26)19-33-18-24/h3,5-8,15-19,31H,4,9-14H2,1-2H3,(H,34,38). The highest BCUT2D eigenvalue weighted by Gasteiger charge is 2.32. The number of aromatic nitrogens is 2. The third kappa shape index (κ3) is 5.66. The first-order valence-electron chi connectivity index (χ1n) is 13.9. The minimum atomic E-state index is -0.267. The molecule has 1 N–H and O–H groups in total. The van der Waals surface area contributed by atoms with Crippen molar-refractivity contribution in [3.63, 3.8) is 0 Å². The van der Waals surface area contributed by atoms with E-state index in [0.717, 1.165) is 39.5 Å². The number of fused-ring (bicyclic) bond motifs is 6. The molecule has 2 aromatic heterocycles. The van der Waals surface area contributed by atoms with Crippen molar-refractivity contribution < 1.29 is 23.6 Å². The molecule has 0 saturated carbocycles. The molecule has 0 aliphatic carbocycles. The third-order valence-electron chi connectivity index (χ3n) is 7.69. The van der Waals surface area contributed by atoms with Crippen molar-refractivity contribution in [3.8, 4) is 17.2 Å². The van der Waals surface area contributed by atoms with Gasteiger partial charge >= 0.3 is 0 Å². The summed E-state index contributed by atoms with van der Waals surface area (Å²) in [6.07, 6.45) is 5.39. The van der Waals surface area contributed by atoms with E-state index in [1.165, 1.54) is 6.20 Å². The lowest BCUT2D eigenvalue weighted by Crippen LogP contribution is -2.40. The van der Waals surface area contributed by atoms with Crippen molar-refractivity contribution >= 4 is 11.8 Å². The Labute approximate surface area is 238 Å². The van der Waals surface area contributed by atoms with Crippen LogP contribution in [0.1, 0.15) is 62.9 Å². The fourth-order valence-electron chi connectivity index (χ4n) is 5.60. The molecule has 41 heavy (non-hydrogen) atoms. The molecule has 0 radical (unpaired) electrons. The predicted octanol–water partition coefficient (Wildman–Crippen LogP) is 5.10. The fourth-order valence-corrected chi connectivity index (χ4v) is 5.60. The van der Waals surface area contributed by atoms with Gasteiger partial charge in [-0.25, -0.2) is 0 Å². The van der Waals surface area contributed by atoms with Crippen LogP contribution >= 0.6 is 0 Å². The SMILES string of the molecule is Cc1noc(C)c1CCC(=O)N1CCc2cc3ccc2C1c1cccc(c1)OCCCNC(=O)c1cncc(c1)O3. The summed E-state index contributed by atoms with van der Waals surface area (Å²) < 4.78 is 17.5. The molecule has 4 aromatic rings. The van der Waals surface area contributed by atoms with Gasteiger partial charge in [-0.2, -0.15) is 0 Å². The molecule has 9 nitrogen and oxygen atoms in total. The van der Waals surface area contributed by atoms with Crippen LogP contribution in [-0.4, -0.2) is 46.6 Å². The van der Waals surface area contributed by atoms with Crippen LogP contribution in [0.25, 0.3) is 0 Å². The number of ether oxygens (including phenoxy) is 2. The van der Waals surface area contributed by atoms with Gasteiger partial charge in [-0.1, -0.05) is 23.4 Å². The number of nitrogens with zero attached hydrogens (tertiary/aromatic N) is 3. The van der Waals surface area contributed by atoms with Gasteiger partial charge in [0.2, 0.25) is 5.91 Å². The Balaban J connectivity index is 1.35. The van der Waals surface area contributed by atoms with Gasteiger partial charge in [-0.3, -0.25) is 14.6 Å². The number of hydrogen-bond acceptors (Lipinski definition) is 7. The smallest absolute Gasteiger partial charge is 0.252 e. The molecule has 210 valence electrons. The lowest BCUT2D eigenvalue weighted by Gasteiger charge is -2.38. The number of carbonyl (C=O) groups is 2. The fraction of sp³-hybridized carbons (Fsp3) is 0.312. The summed E-state index contributed by atoms with van der Waals surface area (Å²) in [5.41, 5.74) is 5.39. The summed E-state index contributed by atoms with van der Waals surface area (Å²) in [4.78, 5) is 32.5. The number of benzene rings is 2. The second kappa shape index (κ2) is 11.4. The number of amides is 2. The molecule has 2 amide bonds. The Morgan fingerprint density at radius 2 is 1.98 bits per heavy atom. The molecule has 7 rings (SSSR count). The molecule has 8 bridgehead atoms. The molecule has 0 fully saturated rings. The van der Waals surface area contributed by atoms with Crippen molar-refractivity contribution in [1.29, 1.82) is 0 Å². The first kappa shape index (κ1) is 26.6. The Hall–Kier alpha value is -4.66. The van der Waals surface area contributed by atoms with E-state index in [0.29, 0.717) is 62.4 Å². The minimum absolute atomic E-state index is 0.0769. The van der Waals surface area contributed by atoms with Crippen LogP contribution < -0.4 is 14.8 Å². The molecule has 3 aliphatic rings. The Kier molecular flexibility index (Phi) is 7.41. The number of aryl methyl sites for hydroxylation is 2. The highest BCUT2D eigenvalue weighted by Crippen LogP contribution is 2.39. The van der Waals surface area contributed by atoms with Crippen LogP contribution in [0.2, 0.25) is 0 Å². The van der Waals surface area contributed by atoms with Gasteiger partial charge in [0, 0.05) is 31.3 Å². The van der Waals surface area contributed by atoms with E-state index in [2.05, 4.69) is 15.5 Å². The van der Waals surface area contributed by atoms with Crippen molar-refractivity contribution in [1.82, 2.24) is 20.4 Å². The summed E-state index contributed by atoms with van der Waals surface area (Å²) in [7, 11) is 0. The van der Waals surface area contributed by atoms with Crippen LogP contribution in [0, 0.1) is 13.8 Å². The van der Waals surface area contributed by atoms with Crippen LogP contribution in [-0.2, 0) is 17.6 Å². The Morgan fingerprint density at radius 3 is 2.83 bits per heavy atom. The first-order chi connectivity index (χ1) is 20.0. The average Bonchev–Trinajstić information content (AvgIpc) is 3.31.